The molecule has 4 fully saturated rings. The van der Waals surface area contributed by atoms with Crippen molar-refractivity contribution in [2.75, 3.05) is 72.0 Å². The van der Waals surface area contributed by atoms with Crippen LogP contribution < -0.4 is 0 Å². The van der Waals surface area contributed by atoms with E-state index in [0.717, 1.165) is 86.6 Å². The number of hydrogen-bond acceptors (Lipinski definition) is 4. The standard InChI is InChI=1S/C38H73N5O/c1-28(2)21-33-11-14-41(15-12-33)37(44)42-19-17-40(18-20-42)32(8)22-35-25-39(27-36(35)30(5)6)24-31(7)23-38(9,10)43-16-13-34(26-43)29(3)4/h28-36H,11-27H2,1-10H3. The van der Waals surface area contributed by atoms with E-state index >= 15 is 0 Å². The van der Waals surface area contributed by atoms with Gasteiger partial charge >= 0.3 is 6.03 Å². The maximum absolute atomic E-state index is 13.3. The molecule has 6 nitrogen and oxygen atoms in total. The Bertz CT molecular complexity index is 872. The van der Waals surface area contributed by atoms with Crippen LogP contribution in [0.5, 0.6) is 0 Å². The summed E-state index contributed by atoms with van der Waals surface area (Å²) in [6.45, 7) is 36.4. The molecule has 2 amide bonds. The highest BCUT2D eigenvalue weighted by atomic mass is 16.2. The number of rotatable bonds is 12. The van der Waals surface area contributed by atoms with Gasteiger partial charge < -0.3 is 14.7 Å². The molecule has 4 saturated heterocycles. The molecule has 0 radical (unpaired) electrons. The summed E-state index contributed by atoms with van der Waals surface area (Å²) in [6, 6.07) is 0.888. The van der Waals surface area contributed by atoms with Gasteiger partial charge in [0, 0.05) is 77.0 Å². The van der Waals surface area contributed by atoms with Crippen molar-refractivity contribution in [1.82, 2.24) is 24.5 Å². The molecule has 0 aliphatic carbocycles. The zero-order valence-corrected chi connectivity index (χ0v) is 30.9. The Hall–Kier alpha value is -0.850. The van der Waals surface area contributed by atoms with E-state index in [0.29, 0.717) is 17.6 Å². The largest absolute Gasteiger partial charge is 0.325 e. The lowest BCUT2D eigenvalue weighted by molar-refractivity contribution is 0.0770. The zero-order chi connectivity index (χ0) is 32.2. The molecule has 0 bridgehead atoms. The Morgan fingerprint density at radius 3 is 1.93 bits per heavy atom. The number of carbonyl (C=O) groups excluding carboxylic acids is 1. The summed E-state index contributed by atoms with van der Waals surface area (Å²) in [6.07, 6.45) is 7.64. The van der Waals surface area contributed by atoms with E-state index in [-0.39, 0.29) is 0 Å². The van der Waals surface area contributed by atoms with E-state index in [1.165, 1.54) is 71.2 Å². The molecule has 0 spiro atoms. The number of hydrogen-bond donors (Lipinski definition) is 0. The van der Waals surface area contributed by atoms with Crippen LogP contribution in [-0.2, 0) is 0 Å². The normalized spacial score (nSPS) is 28.6. The molecule has 5 unspecified atom stereocenters. The number of piperidine rings is 1. The SMILES string of the molecule is CC(C)CC1CCN(C(=O)N2CCN(C(C)CC3CN(CC(C)CC(C)(C)N4CCC(C(C)C)C4)CC3C(C)C)CC2)CC1. The van der Waals surface area contributed by atoms with Crippen LogP contribution in [0, 0.1) is 47.3 Å². The molecule has 5 atom stereocenters. The third-order valence-corrected chi connectivity index (χ3v) is 12.4. The topological polar surface area (TPSA) is 33.3 Å². The molecule has 6 heteroatoms. The minimum Gasteiger partial charge on any atom is -0.325 e. The fraction of sp³-hybridized carbons (Fsp3) is 0.974. The van der Waals surface area contributed by atoms with E-state index < -0.39 is 0 Å². The first kappa shape index (κ1) is 36.0. The Balaban J connectivity index is 1.21. The van der Waals surface area contributed by atoms with Gasteiger partial charge in [-0.3, -0.25) is 9.80 Å². The predicted molar refractivity (Wildman–Crippen MR) is 187 cm³/mol. The van der Waals surface area contributed by atoms with Gasteiger partial charge in [0.2, 0.25) is 0 Å². The van der Waals surface area contributed by atoms with Gasteiger partial charge in [0.1, 0.15) is 0 Å². The number of amides is 2. The highest BCUT2D eigenvalue weighted by molar-refractivity contribution is 5.74. The highest BCUT2D eigenvalue weighted by Gasteiger charge is 2.39. The van der Waals surface area contributed by atoms with Gasteiger partial charge in [-0.05, 0) is 113 Å². The summed E-state index contributed by atoms with van der Waals surface area (Å²) < 4.78 is 0. The molecule has 0 saturated carbocycles. The van der Waals surface area contributed by atoms with Crippen LogP contribution >= 0.6 is 0 Å². The Morgan fingerprint density at radius 2 is 1.36 bits per heavy atom. The van der Waals surface area contributed by atoms with Crippen molar-refractivity contribution < 1.29 is 4.79 Å². The Kier molecular flexibility index (Phi) is 12.9. The van der Waals surface area contributed by atoms with Crippen LogP contribution in [0.3, 0.4) is 0 Å². The van der Waals surface area contributed by atoms with Gasteiger partial charge in [0.05, 0.1) is 0 Å². The van der Waals surface area contributed by atoms with Crippen molar-refractivity contribution in [1.29, 1.82) is 0 Å². The average Bonchev–Trinajstić information content (AvgIpc) is 3.61. The molecule has 44 heavy (non-hydrogen) atoms. The summed E-state index contributed by atoms with van der Waals surface area (Å²) in [7, 11) is 0. The molecule has 0 aromatic carbocycles. The molecule has 4 rings (SSSR count). The van der Waals surface area contributed by atoms with E-state index in [2.05, 4.69) is 93.7 Å². The first-order valence-electron chi connectivity index (χ1n) is 19.0. The fourth-order valence-corrected chi connectivity index (χ4v) is 9.68. The van der Waals surface area contributed by atoms with Crippen molar-refractivity contribution in [2.45, 2.75) is 119 Å². The van der Waals surface area contributed by atoms with Crippen molar-refractivity contribution >= 4 is 6.03 Å². The van der Waals surface area contributed by atoms with Gasteiger partial charge in [-0.15, -0.1) is 0 Å². The van der Waals surface area contributed by atoms with E-state index in [9.17, 15) is 4.79 Å². The zero-order valence-electron chi connectivity index (χ0n) is 30.9. The first-order chi connectivity index (χ1) is 20.7. The van der Waals surface area contributed by atoms with Crippen molar-refractivity contribution in [3.05, 3.63) is 0 Å². The summed E-state index contributed by atoms with van der Waals surface area (Å²) in [5.74, 6) is 6.28. The lowest BCUT2D eigenvalue weighted by Gasteiger charge is -2.42. The number of nitrogens with zero attached hydrogens (tertiary/aromatic N) is 5. The van der Waals surface area contributed by atoms with Gasteiger partial charge in [-0.25, -0.2) is 4.79 Å². The summed E-state index contributed by atoms with van der Waals surface area (Å²) in [4.78, 5) is 25.9. The molecule has 0 aromatic heterocycles. The third kappa shape index (κ3) is 9.59. The minimum atomic E-state index is 0.294. The third-order valence-electron chi connectivity index (χ3n) is 12.4. The predicted octanol–water partition coefficient (Wildman–Crippen LogP) is 7.25. The Morgan fingerprint density at radius 1 is 0.727 bits per heavy atom. The smallest absolute Gasteiger partial charge is 0.320 e. The number of carbonyl (C=O) groups is 1. The van der Waals surface area contributed by atoms with Crippen LogP contribution in [0.2, 0.25) is 0 Å². The monoisotopic (exact) mass is 616 g/mol. The lowest BCUT2D eigenvalue weighted by atomic mass is 9.82. The van der Waals surface area contributed by atoms with Gasteiger partial charge in [0.25, 0.3) is 0 Å². The number of urea groups is 1. The number of likely N-dealkylation sites (tertiary alicyclic amines) is 3. The van der Waals surface area contributed by atoms with Crippen molar-refractivity contribution in [3.8, 4) is 0 Å². The molecule has 4 aliphatic heterocycles. The first-order valence-corrected chi connectivity index (χ1v) is 19.0. The second kappa shape index (κ2) is 15.8. The molecular weight excluding hydrogens is 542 g/mol. The van der Waals surface area contributed by atoms with Crippen molar-refractivity contribution in [3.63, 3.8) is 0 Å². The molecule has 256 valence electrons. The van der Waals surface area contributed by atoms with Crippen LogP contribution in [0.1, 0.15) is 108 Å². The summed E-state index contributed by atoms with van der Waals surface area (Å²) in [5.41, 5.74) is 0.294. The minimum absolute atomic E-state index is 0.294. The molecular formula is C38H73N5O. The van der Waals surface area contributed by atoms with E-state index in [4.69, 9.17) is 0 Å². The van der Waals surface area contributed by atoms with E-state index in [1.54, 1.807) is 0 Å². The quantitative estimate of drug-likeness (QED) is 0.232. The average molecular weight is 616 g/mol. The van der Waals surface area contributed by atoms with Gasteiger partial charge in [-0.2, -0.15) is 0 Å². The molecule has 0 aromatic rings. The van der Waals surface area contributed by atoms with Crippen LogP contribution in [-0.4, -0.2) is 114 Å². The van der Waals surface area contributed by atoms with Crippen LogP contribution in [0.4, 0.5) is 4.79 Å². The molecule has 4 heterocycles. The van der Waals surface area contributed by atoms with Crippen LogP contribution in [0.25, 0.3) is 0 Å². The summed E-state index contributed by atoms with van der Waals surface area (Å²) in [5, 5.41) is 0. The van der Waals surface area contributed by atoms with E-state index in [1.807, 2.05) is 0 Å². The Labute approximate surface area is 273 Å². The second-order valence-corrected chi connectivity index (χ2v) is 17.7. The molecule has 4 aliphatic rings. The molecule has 0 N–H and O–H groups in total. The fourth-order valence-electron chi connectivity index (χ4n) is 9.68. The van der Waals surface area contributed by atoms with Gasteiger partial charge in [-0.1, -0.05) is 48.5 Å². The van der Waals surface area contributed by atoms with Crippen LogP contribution in [0.15, 0.2) is 0 Å². The van der Waals surface area contributed by atoms with Crippen molar-refractivity contribution in [2.24, 2.45) is 47.3 Å². The van der Waals surface area contributed by atoms with Gasteiger partial charge in [0.15, 0.2) is 0 Å². The highest BCUT2D eigenvalue weighted by Crippen LogP contribution is 2.36. The second-order valence-electron chi connectivity index (χ2n) is 17.7. The number of piperazine rings is 1. The maximum atomic E-state index is 13.3. The maximum Gasteiger partial charge on any atom is 0.320 e. The summed E-state index contributed by atoms with van der Waals surface area (Å²) >= 11 is 0. The lowest BCUT2D eigenvalue weighted by Crippen LogP contribution is -2.55.